The molecule has 1 heterocycles. The largest absolute Gasteiger partial charge is 0.326 e. The minimum Gasteiger partial charge on any atom is -0.326 e. The van der Waals surface area contributed by atoms with E-state index >= 15 is 0 Å². The van der Waals surface area contributed by atoms with E-state index in [0.717, 1.165) is 30.2 Å². The van der Waals surface area contributed by atoms with Crippen LogP contribution in [0.25, 0.3) is 0 Å². The van der Waals surface area contributed by atoms with Gasteiger partial charge in [0.2, 0.25) is 15.9 Å². The van der Waals surface area contributed by atoms with E-state index in [0.29, 0.717) is 11.6 Å². The number of rotatable bonds is 7. The molecule has 31 heavy (non-hydrogen) atoms. The Morgan fingerprint density at radius 2 is 1.77 bits per heavy atom. The summed E-state index contributed by atoms with van der Waals surface area (Å²) >= 11 is 12.0. The first-order chi connectivity index (χ1) is 14.7. The van der Waals surface area contributed by atoms with Gasteiger partial charge < -0.3 is 10.2 Å². The molecule has 3 rings (SSSR count). The lowest BCUT2D eigenvalue weighted by Crippen LogP contribution is -2.30. The molecule has 1 amide bonds. The van der Waals surface area contributed by atoms with Crippen molar-refractivity contribution < 1.29 is 13.2 Å². The third kappa shape index (κ3) is 5.99. The molecule has 1 aliphatic rings. The van der Waals surface area contributed by atoms with Crippen LogP contribution in [0.4, 0.5) is 5.69 Å². The number of anilines is 1. The van der Waals surface area contributed by atoms with Crippen molar-refractivity contribution in [1.29, 1.82) is 0 Å². The molecule has 0 unspecified atom stereocenters. The Morgan fingerprint density at radius 1 is 1.13 bits per heavy atom. The van der Waals surface area contributed by atoms with Crippen molar-refractivity contribution in [3.63, 3.8) is 0 Å². The highest BCUT2D eigenvalue weighted by molar-refractivity contribution is 7.89. The lowest BCUT2D eigenvalue weighted by atomic mass is 9.89. The maximum Gasteiger partial charge on any atom is 0.244 e. The zero-order valence-electron chi connectivity index (χ0n) is 17.6. The van der Waals surface area contributed by atoms with Crippen molar-refractivity contribution >= 4 is 44.8 Å². The van der Waals surface area contributed by atoms with Crippen molar-refractivity contribution in [3.8, 4) is 0 Å². The van der Waals surface area contributed by atoms with Gasteiger partial charge in [0.15, 0.2) is 0 Å². The molecule has 0 radical (unpaired) electrons. The molecule has 1 aliphatic heterocycles. The Hall–Kier alpha value is -1.64. The number of piperidine rings is 1. The molecule has 168 valence electrons. The number of amides is 1. The summed E-state index contributed by atoms with van der Waals surface area (Å²) in [4.78, 5) is 14.6. The average Bonchev–Trinajstić information content (AvgIpc) is 2.75. The number of hydrogen-bond donors (Lipinski definition) is 1. The molecule has 1 saturated heterocycles. The number of nitrogens with one attached hydrogen (secondary N) is 1. The lowest BCUT2D eigenvalue weighted by molar-refractivity contribution is -0.116. The average molecular weight is 484 g/mol. The third-order valence-electron chi connectivity index (χ3n) is 5.64. The van der Waals surface area contributed by atoms with Crippen molar-refractivity contribution in [2.24, 2.45) is 0 Å². The molecule has 0 bridgehead atoms. The first-order valence-electron chi connectivity index (χ1n) is 10.2. The van der Waals surface area contributed by atoms with Crippen LogP contribution in [0, 0.1) is 0 Å². The van der Waals surface area contributed by atoms with Crippen LogP contribution < -0.4 is 5.32 Å². The van der Waals surface area contributed by atoms with Gasteiger partial charge in [-0.25, -0.2) is 12.7 Å². The second kappa shape index (κ2) is 10.3. The zero-order chi connectivity index (χ0) is 22.6. The lowest BCUT2D eigenvalue weighted by Gasteiger charge is -2.29. The number of hydrogen-bond acceptors (Lipinski definition) is 4. The summed E-state index contributed by atoms with van der Waals surface area (Å²) in [7, 11) is -0.296. The summed E-state index contributed by atoms with van der Waals surface area (Å²) in [5.74, 6) is 0.296. The van der Waals surface area contributed by atoms with Gasteiger partial charge in [-0.1, -0.05) is 41.4 Å². The fourth-order valence-corrected chi connectivity index (χ4v) is 5.54. The van der Waals surface area contributed by atoms with Crippen LogP contribution in [0.2, 0.25) is 10.0 Å². The van der Waals surface area contributed by atoms with Crippen LogP contribution in [0.5, 0.6) is 0 Å². The number of benzene rings is 2. The van der Waals surface area contributed by atoms with E-state index in [1.807, 2.05) is 12.1 Å². The van der Waals surface area contributed by atoms with Gasteiger partial charge in [0.1, 0.15) is 4.90 Å². The van der Waals surface area contributed by atoms with Gasteiger partial charge in [0.05, 0.1) is 10.0 Å². The summed E-state index contributed by atoms with van der Waals surface area (Å²) in [6.45, 7) is 2.21. The van der Waals surface area contributed by atoms with Gasteiger partial charge in [0, 0.05) is 25.7 Å². The molecule has 6 nitrogen and oxygen atoms in total. The maximum atomic E-state index is 12.7. The number of halogens is 2. The highest BCUT2D eigenvalue weighted by atomic mass is 35.5. The molecule has 9 heteroatoms. The minimum absolute atomic E-state index is 0.0185. The number of carbonyl (C=O) groups is 1. The molecule has 0 aliphatic carbocycles. The highest BCUT2D eigenvalue weighted by Crippen LogP contribution is 2.31. The second-order valence-electron chi connectivity index (χ2n) is 7.88. The quantitative estimate of drug-likeness (QED) is 0.631. The predicted molar refractivity (Wildman–Crippen MR) is 125 cm³/mol. The molecule has 2 aromatic rings. The van der Waals surface area contributed by atoms with E-state index < -0.39 is 10.0 Å². The molecular formula is C22H27Cl2N3O3S. The van der Waals surface area contributed by atoms with Gasteiger partial charge in [-0.3, -0.25) is 4.79 Å². The van der Waals surface area contributed by atoms with Gasteiger partial charge in [-0.15, -0.1) is 0 Å². The first kappa shape index (κ1) is 24.0. The first-order valence-corrected chi connectivity index (χ1v) is 12.4. The van der Waals surface area contributed by atoms with Crippen molar-refractivity contribution in [2.45, 2.75) is 30.1 Å². The molecule has 1 fully saturated rings. The summed E-state index contributed by atoms with van der Waals surface area (Å²) in [5, 5.41) is 2.97. The summed E-state index contributed by atoms with van der Waals surface area (Å²) in [5.41, 5.74) is 1.99. The second-order valence-corrected chi connectivity index (χ2v) is 10.7. The predicted octanol–water partition coefficient (Wildman–Crippen LogP) is 4.45. The van der Waals surface area contributed by atoms with Gasteiger partial charge in [-0.2, -0.15) is 0 Å². The maximum absolute atomic E-state index is 12.7. The summed E-state index contributed by atoms with van der Waals surface area (Å²) in [6.07, 6.45) is 2.30. The smallest absolute Gasteiger partial charge is 0.244 e. The highest BCUT2D eigenvalue weighted by Gasteiger charge is 2.25. The fraction of sp³-hybridized carbons (Fsp3) is 0.409. The Kier molecular flexibility index (Phi) is 7.99. The third-order valence-corrected chi connectivity index (χ3v) is 8.47. The van der Waals surface area contributed by atoms with Crippen molar-refractivity contribution in [1.82, 2.24) is 9.21 Å². The van der Waals surface area contributed by atoms with E-state index in [1.165, 1.54) is 30.8 Å². The SMILES string of the molecule is CN1CCC(c2ccc(NC(=O)CCN(C)S(=O)(=O)c3cccc(Cl)c3Cl)cc2)CC1. The van der Waals surface area contributed by atoms with Crippen LogP contribution in [0.1, 0.15) is 30.7 Å². The topological polar surface area (TPSA) is 69.7 Å². The monoisotopic (exact) mass is 483 g/mol. The molecule has 0 saturated carbocycles. The summed E-state index contributed by atoms with van der Waals surface area (Å²) < 4.78 is 26.6. The normalized spacial score (nSPS) is 15.9. The molecule has 1 N–H and O–H groups in total. The van der Waals surface area contributed by atoms with Crippen molar-refractivity contribution in [3.05, 3.63) is 58.1 Å². The van der Waals surface area contributed by atoms with Gasteiger partial charge in [0.25, 0.3) is 0 Å². The van der Waals surface area contributed by atoms with E-state index in [2.05, 4.69) is 29.4 Å². The summed E-state index contributed by atoms with van der Waals surface area (Å²) in [6, 6.07) is 12.4. The van der Waals surface area contributed by atoms with Crippen molar-refractivity contribution in [2.75, 3.05) is 39.0 Å². The van der Waals surface area contributed by atoms with E-state index in [4.69, 9.17) is 23.2 Å². The Bertz CT molecular complexity index is 1020. The van der Waals surface area contributed by atoms with Gasteiger partial charge >= 0.3 is 0 Å². The molecule has 0 atom stereocenters. The zero-order valence-corrected chi connectivity index (χ0v) is 20.0. The number of nitrogens with zero attached hydrogens (tertiary/aromatic N) is 2. The van der Waals surface area contributed by atoms with E-state index in [1.54, 1.807) is 0 Å². The Labute approximate surface area is 194 Å². The van der Waals surface area contributed by atoms with Gasteiger partial charge in [-0.05, 0) is 68.7 Å². The molecule has 0 spiro atoms. The number of likely N-dealkylation sites (tertiary alicyclic amines) is 1. The van der Waals surface area contributed by atoms with E-state index in [-0.39, 0.29) is 33.8 Å². The van der Waals surface area contributed by atoms with Crippen LogP contribution in [-0.2, 0) is 14.8 Å². The van der Waals surface area contributed by atoms with Crippen LogP contribution >= 0.6 is 23.2 Å². The van der Waals surface area contributed by atoms with E-state index in [9.17, 15) is 13.2 Å². The minimum atomic E-state index is -3.85. The Morgan fingerprint density at radius 3 is 2.42 bits per heavy atom. The Balaban J connectivity index is 1.54. The standard InChI is InChI=1S/C22H27Cl2N3O3S/c1-26-13-10-17(11-14-26)16-6-8-18(9-7-16)25-21(28)12-15-27(2)31(29,30)20-5-3-4-19(23)22(20)24/h3-9,17H,10-15H2,1-2H3,(H,25,28). The van der Waals surface area contributed by atoms with Crippen LogP contribution in [0.15, 0.2) is 47.4 Å². The molecule has 0 aromatic heterocycles. The molecule has 2 aromatic carbocycles. The number of carbonyl (C=O) groups excluding carboxylic acids is 1. The number of sulfonamides is 1. The molecular weight excluding hydrogens is 457 g/mol. The van der Waals surface area contributed by atoms with Crippen LogP contribution in [0.3, 0.4) is 0 Å². The van der Waals surface area contributed by atoms with Crippen LogP contribution in [-0.4, -0.2) is 57.3 Å². The fourth-order valence-electron chi connectivity index (χ4n) is 3.63.